The molecule has 1 aromatic rings. The lowest BCUT2D eigenvalue weighted by molar-refractivity contribution is -0.116. The summed E-state index contributed by atoms with van der Waals surface area (Å²) in [5, 5.41) is 6.38. The van der Waals surface area contributed by atoms with Gasteiger partial charge in [0, 0.05) is 18.5 Å². The molecule has 1 aliphatic carbocycles. The summed E-state index contributed by atoms with van der Waals surface area (Å²) in [6.07, 6.45) is 7.17. The molecule has 0 bridgehead atoms. The van der Waals surface area contributed by atoms with Crippen LogP contribution >= 0.6 is 0 Å². The van der Waals surface area contributed by atoms with E-state index in [0.29, 0.717) is 23.6 Å². The van der Waals surface area contributed by atoms with Crippen LogP contribution in [0.25, 0.3) is 0 Å². The van der Waals surface area contributed by atoms with E-state index in [1.54, 1.807) is 32.4 Å². The van der Waals surface area contributed by atoms with E-state index in [9.17, 15) is 4.79 Å². The predicted molar refractivity (Wildman–Crippen MR) is 96.8 cm³/mol. The first-order valence-electron chi connectivity index (χ1n) is 8.87. The van der Waals surface area contributed by atoms with Crippen LogP contribution in [0.15, 0.2) is 18.2 Å². The van der Waals surface area contributed by atoms with E-state index in [1.807, 2.05) is 0 Å². The minimum absolute atomic E-state index is 0.0145. The zero-order valence-corrected chi connectivity index (χ0v) is 15.1. The molecule has 1 atom stereocenters. The molecule has 1 unspecified atom stereocenters. The third-order valence-corrected chi connectivity index (χ3v) is 4.69. The predicted octanol–water partition coefficient (Wildman–Crippen LogP) is 3.59. The fourth-order valence-corrected chi connectivity index (χ4v) is 3.29. The van der Waals surface area contributed by atoms with Crippen molar-refractivity contribution in [3.05, 3.63) is 18.2 Å². The van der Waals surface area contributed by atoms with E-state index in [0.717, 1.165) is 12.5 Å². The first-order chi connectivity index (χ1) is 11.6. The van der Waals surface area contributed by atoms with Gasteiger partial charge >= 0.3 is 0 Å². The Labute approximate surface area is 145 Å². The van der Waals surface area contributed by atoms with Gasteiger partial charge in [-0.25, -0.2) is 0 Å². The lowest BCUT2D eigenvalue weighted by Gasteiger charge is -2.16. The lowest BCUT2D eigenvalue weighted by atomic mass is 10.0. The average molecular weight is 334 g/mol. The summed E-state index contributed by atoms with van der Waals surface area (Å²) >= 11 is 0. The first-order valence-corrected chi connectivity index (χ1v) is 8.87. The van der Waals surface area contributed by atoms with Gasteiger partial charge in [-0.3, -0.25) is 4.79 Å². The van der Waals surface area contributed by atoms with Gasteiger partial charge in [-0.15, -0.1) is 0 Å². The Balaban J connectivity index is 1.75. The molecule has 0 radical (unpaired) electrons. The van der Waals surface area contributed by atoms with Crippen LogP contribution in [-0.4, -0.2) is 32.7 Å². The molecular weight excluding hydrogens is 304 g/mol. The summed E-state index contributed by atoms with van der Waals surface area (Å²) in [4.78, 5) is 12.2. The Morgan fingerprint density at radius 2 is 2.00 bits per heavy atom. The summed E-state index contributed by atoms with van der Waals surface area (Å²) in [6.45, 7) is 3.05. The van der Waals surface area contributed by atoms with Gasteiger partial charge in [0.25, 0.3) is 0 Å². The van der Waals surface area contributed by atoms with E-state index in [2.05, 4.69) is 17.6 Å². The van der Waals surface area contributed by atoms with Crippen molar-refractivity contribution < 1.29 is 14.3 Å². The van der Waals surface area contributed by atoms with Crippen LogP contribution in [0.5, 0.6) is 11.5 Å². The Kier molecular flexibility index (Phi) is 7.37. The maximum Gasteiger partial charge on any atom is 0.226 e. The number of amides is 1. The highest BCUT2D eigenvalue weighted by molar-refractivity contribution is 5.92. The molecule has 24 heavy (non-hydrogen) atoms. The second-order valence-corrected chi connectivity index (χ2v) is 6.61. The zero-order valence-electron chi connectivity index (χ0n) is 15.1. The molecule has 1 amide bonds. The third kappa shape index (κ3) is 5.71. The standard InChI is InChI=1S/C19H30N2O3/c1-14(20-11-10-15-6-4-5-7-15)12-19(22)21-17-9-8-16(23-2)13-18(17)24-3/h8-9,13-15,20H,4-7,10-12H2,1-3H3,(H,21,22). The van der Waals surface area contributed by atoms with Crippen molar-refractivity contribution >= 4 is 11.6 Å². The van der Waals surface area contributed by atoms with Gasteiger partial charge in [0.2, 0.25) is 5.91 Å². The highest BCUT2D eigenvalue weighted by Crippen LogP contribution is 2.29. The molecule has 1 aliphatic rings. The summed E-state index contributed by atoms with van der Waals surface area (Å²) < 4.78 is 10.5. The summed E-state index contributed by atoms with van der Waals surface area (Å²) in [5.41, 5.74) is 0.668. The molecule has 1 fully saturated rings. The normalized spacial score (nSPS) is 16.0. The van der Waals surface area contributed by atoms with Gasteiger partial charge in [-0.2, -0.15) is 0 Å². The van der Waals surface area contributed by atoms with Crippen LogP contribution in [0.3, 0.4) is 0 Å². The summed E-state index contributed by atoms with van der Waals surface area (Å²) in [6, 6.07) is 5.53. The number of nitrogens with one attached hydrogen (secondary N) is 2. The van der Waals surface area contributed by atoms with Crippen LogP contribution in [0.1, 0.15) is 45.4 Å². The SMILES string of the molecule is COc1ccc(NC(=O)CC(C)NCCC2CCCC2)c(OC)c1. The van der Waals surface area contributed by atoms with E-state index >= 15 is 0 Å². The number of hydrogen-bond acceptors (Lipinski definition) is 4. The largest absolute Gasteiger partial charge is 0.497 e. The van der Waals surface area contributed by atoms with Gasteiger partial charge in [0.15, 0.2) is 0 Å². The lowest BCUT2D eigenvalue weighted by Crippen LogP contribution is -2.32. The van der Waals surface area contributed by atoms with Crippen molar-refractivity contribution in [2.45, 2.75) is 51.5 Å². The Bertz CT molecular complexity index is 527. The third-order valence-electron chi connectivity index (χ3n) is 4.69. The Morgan fingerprint density at radius 3 is 2.67 bits per heavy atom. The van der Waals surface area contributed by atoms with Crippen molar-refractivity contribution in [3.63, 3.8) is 0 Å². The highest BCUT2D eigenvalue weighted by atomic mass is 16.5. The summed E-state index contributed by atoms with van der Waals surface area (Å²) in [7, 11) is 3.18. The van der Waals surface area contributed by atoms with E-state index < -0.39 is 0 Å². The van der Waals surface area contributed by atoms with Gasteiger partial charge in [0.1, 0.15) is 11.5 Å². The zero-order chi connectivity index (χ0) is 17.4. The quantitative estimate of drug-likeness (QED) is 0.724. The fourth-order valence-electron chi connectivity index (χ4n) is 3.29. The van der Waals surface area contributed by atoms with Crippen molar-refractivity contribution in [3.8, 4) is 11.5 Å². The minimum Gasteiger partial charge on any atom is -0.497 e. The molecule has 0 heterocycles. The maximum absolute atomic E-state index is 12.2. The number of benzene rings is 1. The molecule has 2 N–H and O–H groups in total. The molecule has 2 rings (SSSR count). The molecule has 0 saturated heterocycles. The first kappa shape index (κ1) is 18.6. The number of ether oxygens (including phenoxy) is 2. The molecule has 0 aromatic heterocycles. The van der Waals surface area contributed by atoms with E-state index in [-0.39, 0.29) is 11.9 Å². The summed E-state index contributed by atoms with van der Waals surface area (Å²) in [5.74, 6) is 2.16. The highest BCUT2D eigenvalue weighted by Gasteiger charge is 2.16. The van der Waals surface area contributed by atoms with Crippen LogP contribution < -0.4 is 20.1 Å². The van der Waals surface area contributed by atoms with Crippen molar-refractivity contribution in [1.29, 1.82) is 0 Å². The molecule has 0 aliphatic heterocycles. The number of methoxy groups -OCH3 is 2. The van der Waals surface area contributed by atoms with Crippen LogP contribution in [0, 0.1) is 5.92 Å². The molecule has 1 saturated carbocycles. The van der Waals surface area contributed by atoms with Gasteiger partial charge in [-0.1, -0.05) is 25.7 Å². The number of rotatable bonds is 9. The fraction of sp³-hybridized carbons (Fsp3) is 0.632. The average Bonchev–Trinajstić information content (AvgIpc) is 3.08. The van der Waals surface area contributed by atoms with Crippen LogP contribution in [-0.2, 0) is 4.79 Å². The van der Waals surface area contributed by atoms with Crippen LogP contribution in [0.4, 0.5) is 5.69 Å². The topological polar surface area (TPSA) is 59.6 Å². The molecule has 0 spiro atoms. The van der Waals surface area contributed by atoms with Crippen molar-refractivity contribution in [1.82, 2.24) is 5.32 Å². The number of hydrogen-bond donors (Lipinski definition) is 2. The maximum atomic E-state index is 12.2. The monoisotopic (exact) mass is 334 g/mol. The molecule has 5 heteroatoms. The van der Waals surface area contributed by atoms with Crippen molar-refractivity contribution in [2.24, 2.45) is 5.92 Å². The smallest absolute Gasteiger partial charge is 0.226 e. The Morgan fingerprint density at radius 1 is 1.25 bits per heavy atom. The van der Waals surface area contributed by atoms with Crippen LogP contribution in [0.2, 0.25) is 0 Å². The second kappa shape index (κ2) is 9.52. The minimum atomic E-state index is -0.0145. The second-order valence-electron chi connectivity index (χ2n) is 6.61. The van der Waals surface area contributed by atoms with Gasteiger partial charge < -0.3 is 20.1 Å². The van der Waals surface area contributed by atoms with Gasteiger partial charge in [0.05, 0.1) is 19.9 Å². The van der Waals surface area contributed by atoms with Crippen molar-refractivity contribution in [2.75, 3.05) is 26.1 Å². The Hall–Kier alpha value is -1.75. The molecule has 1 aromatic carbocycles. The van der Waals surface area contributed by atoms with E-state index in [4.69, 9.17) is 9.47 Å². The number of carbonyl (C=O) groups excluding carboxylic acids is 1. The number of anilines is 1. The molecule has 5 nitrogen and oxygen atoms in total. The van der Waals surface area contributed by atoms with Gasteiger partial charge in [-0.05, 0) is 37.9 Å². The molecule has 134 valence electrons. The number of carbonyl (C=O) groups is 1. The molecular formula is C19H30N2O3. The van der Waals surface area contributed by atoms with E-state index in [1.165, 1.54) is 32.1 Å².